The van der Waals surface area contributed by atoms with Crippen molar-refractivity contribution in [3.63, 3.8) is 0 Å². The van der Waals surface area contributed by atoms with E-state index in [0.29, 0.717) is 23.8 Å². The van der Waals surface area contributed by atoms with Crippen molar-refractivity contribution in [3.8, 4) is 5.75 Å². The molecule has 0 aromatic heterocycles. The van der Waals surface area contributed by atoms with E-state index in [1.54, 1.807) is 25.3 Å². The Morgan fingerprint density at radius 1 is 1.56 bits per heavy atom. The van der Waals surface area contributed by atoms with Crippen LogP contribution in [0.5, 0.6) is 5.75 Å². The van der Waals surface area contributed by atoms with Gasteiger partial charge in [0.15, 0.2) is 0 Å². The number of hydrogen-bond acceptors (Lipinski definition) is 3. The largest absolute Gasteiger partial charge is 0.497 e. The van der Waals surface area contributed by atoms with Gasteiger partial charge in [-0.2, -0.15) is 0 Å². The van der Waals surface area contributed by atoms with Gasteiger partial charge in [0.25, 0.3) is 5.91 Å². The van der Waals surface area contributed by atoms with Crippen LogP contribution in [-0.4, -0.2) is 25.6 Å². The highest BCUT2D eigenvalue weighted by Crippen LogP contribution is 2.31. The van der Waals surface area contributed by atoms with Gasteiger partial charge < -0.3 is 15.8 Å². The summed E-state index contributed by atoms with van der Waals surface area (Å²) in [6, 6.07) is 7.18. The Morgan fingerprint density at radius 2 is 2.28 bits per heavy atom. The van der Waals surface area contributed by atoms with Gasteiger partial charge in [0.1, 0.15) is 5.75 Å². The number of methoxy groups -OCH3 is 1. The summed E-state index contributed by atoms with van der Waals surface area (Å²) in [6.45, 7) is 0.542. The number of benzene rings is 1. The van der Waals surface area contributed by atoms with Gasteiger partial charge in [0.05, 0.1) is 7.11 Å². The smallest absolute Gasteiger partial charge is 0.251 e. The third-order valence-corrected chi connectivity index (χ3v) is 3.06. The number of nitrogens with two attached hydrogens (primary N) is 1. The quantitative estimate of drug-likeness (QED) is 0.854. The van der Waals surface area contributed by atoms with Gasteiger partial charge in [-0.1, -0.05) is 6.07 Å². The van der Waals surface area contributed by atoms with E-state index in [-0.39, 0.29) is 24.4 Å². The molecule has 2 rings (SSSR count). The lowest BCUT2D eigenvalue weighted by Crippen LogP contribution is -2.38. The normalized spacial score (nSPS) is 15.4. The molecule has 0 saturated heterocycles. The van der Waals surface area contributed by atoms with Gasteiger partial charge in [-0.25, -0.2) is 0 Å². The fourth-order valence-corrected chi connectivity index (χ4v) is 1.77. The minimum atomic E-state index is -0.0972. The first-order valence-electron chi connectivity index (χ1n) is 5.88. The highest BCUT2D eigenvalue weighted by molar-refractivity contribution is 5.94. The first-order chi connectivity index (χ1) is 8.20. The molecule has 1 saturated carbocycles. The second kappa shape index (κ2) is 6.61. The standard InChI is InChI=1S/C13H18N2O2.ClH/c1-17-11-4-2-3-10(7-11)13(16)15-8-12(14)9-5-6-9;/h2-4,7,9,12H,5-6,8,14H2,1H3,(H,15,16);1H. The minimum absolute atomic E-state index is 0. The van der Waals surface area contributed by atoms with Crippen molar-refractivity contribution < 1.29 is 9.53 Å². The summed E-state index contributed by atoms with van der Waals surface area (Å²) in [4.78, 5) is 11.8. The number of ether oxygens (including phenoxy) is 1. The number of amides is 1. The maximum atomic E-state index is 11.8. The van der Waals surface area contributed by atoms with E-state index in [1.165, 1.54) is 12.8 Å². The predicted octanol–water partition coefficient (Wildman–Crippen LogP) is 1.58. The lowest BCUT2D eigenvalue weighted by atomic mass is 10.1. The van der Waals surface area contributed by atoms with E-state index < -0.39 is 0 Å². The Labute approximate surface area is 113 Å². The summed E-state index contributed by atoms with van der Waals surface area (Å²) in [6.07, 6.45) is 2.38. The summed E-state index contributed by atoms with van der Waals surface area (Å²) >= 11 is 0. The third-order valence-electron chi connectivity index (χ3n) is 3.06. The molecule has 1 aliphatic rings. The Morgan fingerprint density at radius 3 is 2.89 bits per heavy atom. The molecule has 1 aliphatic carbocycles. The number of carbonyl (C=O) groups is 1. The average Bonchev–Trinajstić information content (AvgIpc) is 3.19. The topological polar surface area (TPSA) is 64.3 Å². The van der Waals surface area contributed by atoms with E-state index >= 15 is 0 Å². The van der Waals surface area contributed by atoms with Crippen LogP contribution in [0.15, 0.2) is 24.3 Å². The van der Waals surface area contributed by atoms with Crippen LogP contribution >= 0.6 is 12.4 Å². The molecule has 0 bridgehead atoms. The molecule has 3 N–H and O–H groups in total. The SMILES string of the molecule is COc1cccc(C(=O)NCC(N)C2CC2)c1.Cl. The minimum Gasteiger partial charge on any atom is -0.497 e. The van der Waals surface area contributed by atoms with E-state index in [0.717, 1.165) is 0 Å². The van der Waals surface area contributed by atoms with Crippen LogP contribution in [0.4, 0.5) is 0 Å². The lowest BCUT2D eigenvalue weighted by molar-refractivity contribution is 0.0950. The molecule has 1 aromatic carbocycles. The summed E-state index contributed by atoms with van der Waals surface area (Å²) in [5.74, 6) is 1.18. The summed E-state index contributed by atoms with van der Waals surface area (Å²) < 4.78 is 5.07. The maximum Gasteiger partial charge on any atom is 0.251 e. The molecule has 100 valence electrons. The van der Waals surface area contributed by atoms with Crippen LogP contribution < -0.4 is 15.8 Å². The molecule has 1 amide bonds. The number of halogens is 1. The monoisotopic (exact) mass is 270 g/mol. The molecule has 1 atom stereocenters. The van der Waals surface area contributed by atoms with Crippen molar-refractivity contribution >= 4 is 18.3 Å². The zero-order valence-corrected chi connectivity index (χ0v) is 11.2. The highest BCUT2D eigenvalue weighted by atomic mass is 35.5. The molecule has 5 heteroatoms. The van der Waals surface area contributed by atoms with Crippen molar-refractivity contribution in [3.05, 3.63) is 29.8 Å². The van der Waals surface area contributed by atoms with Crippen molar-refractivity contribution in [2.75, 3.05) is 13.7 Å². The van der Waals surface area contributed by atoms with Crippen LogP contribution in [-0.2, 0) is 0 Å². The number of hydrogen-bond donors (Lipinski definition) is 2. The molecule has 0 heterocycles. The number of rotatable bonds is 5. The Kier molecular flexibility index (Phi) is 5.44. The zero-order chi connectivity index (χ0) is 12.3. The van der Waals surface area contributed by atoms with Gasteiger partial charge in [-0.15, -0.1) is 12.4 Å². The lowest BCUT2D eigenvalue weighted by Gasteiger charge is -2.11. The Bertz CT molecular complexity index is 408. The fourth-order valence-electron chi connectivity index (χ4n) is 1.77. The van der Waals surface area contributed by atoms with Crippen LogP contribution in [0.2, 0.25) is 0 Å². The summed E-state index contributed by atoms with van der Waals surface area (Å²) in [5.41, 5.74) is 6.53. The van der Waals surface area contributed by atoms with Crippen LogP contribution in [0, 0.1) is 5.92 Å². The van der Waals surface area contributed by atoms with E-state index in [1.807, 2.05) is 6.07 Å². The van der Waals surface area contributed by atoms with Gasteiger partial charge in [0.2, 0.25) is 0 Å². The second-order valence-corrected chi connectivity index (χ2v) is 4.44. The van der Waals surface area contributed by atoms with Crippen molar-refractivity contribution in [1.82, 2.24) is 5.32 Å². The molecule has 1 fully saturated rings. The molecule has 0 aliphatic heterocycles. The molecule has 18 heavy (non-hydrogen) atoms. The Balaban J connectivity index is 0.00000162. The number of nitrogens with one attached hydrogen (secondary N) is 1. The highest BCUT2D eigenvalue weighted by Gasteiger charge is 2.28. The van der Waals surface area contributed by atoms with Gasteiger partial charge in [0, 0.05) is 18.2 Å². The van der Waals surface area contributed by atoms with Crippen LogP contribution in [0.1, 0.15) is 23.2 Å². The first kappa shape index (κ1) is 14.8. The van der Waals surface area contributed by atoms with Crippen LogP contribution in [0.3, 0.4) is 0 Å². The van der Waals surface area contributed by atoms with Crippen molar-refractivity contribution in [1.29, 1.82) is 0 Å². The van der Waals surface area contributed by atoms with Crippen molar-refractivity contribution in [2.45, 2.75) is 18.9 Å². The summed E-state index contributed by atoms with van der Waals surface area (Å²) in [7, 11) is 1.58. The Hall–Kier alpha value is -1.26. The predicted molar refractivity (Wildman–Crippen MR) is 73.3 cm³/mol. The van der Waals surface area contributed by atoms with Gasteiger partial charge in [-0.3, -0.25) is 4.79 Å². The maximum absolute atomic E-state index is 11.8. The molecule has 0 radical (unpaired) electrons. The van der Waals surface area contributed by atoms with Gasteiger partial charge in [-0.05, 0) is 37.0 Å². The molecule has 1 aromatic rings. The first-order valence-corrected chi connectivity index (χ1v) is 5.88. The van der Waals surface area contributed by atoms with Gasteiger partial charge >= 0.3 is 0 Å². The molecule has 4 nitrogen and oxygen atoms in total. The number of carbonyl (C=O) groups excluding carboxylic acids is 1. The molecular formula is C13H19ClN2O2. The molecule has 1 unspecified atom stereocenters. The van der Waals surface area contributed by atoms with E-state index in [9.17, 15) is 4.79 Å². The summed E-state index contributed by atoms with van der Waals surface area (Å²) in [5, 5.41) is 2.85. The average molecular weight is 271 g/mol. The van der Waals surface area contributed by atoms with Crippen LogP contribution in [0.25, 0.3) is 0 Å². The van der Waals surface area contributed by atoms with E-state index in [2.05, 4.69) is 5.32 Å². The molecule has 0 spiro atoms. The van der Waals surface area contributed by atoms with E-state index in [4.69, 9.17) is 10.5 Å². The third kappa shape index (κ3) is 3.89. The zero-order valence-electron chi connectivity index (χ0n) is 10.4. The second-order valence-electron chi connectivity index (χ2n) is 4.44. The van der Waals surface area contributed by atoms with Crippen molar-refractivity contribution in [2.24, 2.45) is 11.7 Å². The fraction of sp³-hybridized carbons (Fsp3) is 0.462. The molecular weight excluding hydrogens is 252 g/mol.